The third kappa shape index (κ3) is 6.05. The first-order chi connectivity index (χ1) is 17.5. The van der Waals surface area contributed by atoms with Crippen LogP contribution in [-0.2, 0) is 16.0 Å². The molecule has 0 spiro atoms. The summed E-state index contributed by atoms with van der Waals surface area (Å²) in [5, 5.41) is 7.95. The molecule has 36 heavy (non-hydrogen) atoms. The molecule has 1 N–H and O–H groups in total. The molecule has 1 aromatic heterocycles. The lowest BCUT2D eigenvalue weighted by atomic mass is 9.99. The Morgan fingerprint density at radius 3 is 2.50 bits per heavy atom. The molecule has 0 radical (unpaired) electrons. The van der Waals surface area contributed by atoms with E-state index < -0.39 is 0 Å². The van der Waals surface area contributed by atoms with Crippen molar-refractivity contribution in [3.8, 4) is 28.3 Å². The lowest BCUT2D eigenvalue weighted by Crippen LogP contribution is -2.28. The number of halogens is 2. The fraction of sp³-hybridized carbons (Fsp3) is 0.148. The van der Waals surface area contributed by atoms with E-state index in [0.29, 0.717) is 38.4 Å². The molecule has 0 saturated heterocycles. The van der Waals surface area contributed by atoms with Gasteiger partial charge in [-0.05, 0) is 29.8 Å². The van der Waals surface area contributed by atoms with Crippen LogP contribution < -0.4 is 10.1 Å². The van der Waals surface area contributed by atoms with Gasteiger partial charge in [-0.3, -0.25) is 9.59 Å². The Morgan fingerprint density at radius 2 is 1.75 bits per heavy atom. The van der Waals surface area contributed by atoms with Crippen molar-refractivity contribution in [3.63, 3.8) is 0 Å². The number of nitrogens with one attached hydrogen (secondary N) is 1. The molecule has 0 bridgehead atoms. The van der Waals surface area contributed by atoms with Crippen molar-refractivity contribution < 1.29 is 23.6 Å². The molecule has 0 unspecified atom stereocenters. The van der Waals surface area contributed by atoms with Gasteiger partial charge in [0.15, 0.2) is 5.76 Å². The van der Waals surface area contributed by atoms with E-state index in [4.69, 9.17) is 37.2 Å². The van der Waals surface area contributed by atoms with Crippen LogP contribution in [0.25, 0.3) is 22.6 Å². The maximum Gasteiger partial charge on any atom is 0.309 e. The standard InChI is InChI=1S/C27H22Cl2N2O5/c1-34-23(32)15-17-6-5-9-19(14-17)25-24(26(36-31-25)18-7-3-2-4-8-18)27(33)30-12-13-35-22-11-10-20(28)16-21(22)29/h2-11,14,16H,12-13,15H2,1H3,(H,30,33). The average Bonchev–Trinajstić information content (AvgIpc) is 3.33. The summed E-state index contributed by atoms with van der Waals surface area (Å²) in [6.07, 6.45) is 0.0971. The normalized spacial score (nSPS) is 10.6. The summed E-state index contributed by atoms with van der Waals surface area (Å²) < 4.78 is 16.1. The van der Waals surface area contributed by atoms with Gasteiger partial charge < -0.3 is 19.3 Å². The molecule has 0 aliphatic carbocycles. The molecule has 0 aliphatic rings. The van der Waals surface area contributed by atoms with Gasteiger partial charge in [0.05, 0.1) is 25.1 Å². The van der Waals surface area contributed by atoms with Crippen LogP contribution in [-0.4, -0.2) is 37.3 Å². The van der Waals surface area contributed by atoms with Gasteiger partial charge in [-0.2, -0.15) is 0 Å². The van der Waals surface area contributed by atoms with Gasteiger partial charge in [-0.25, -0.2) is 0 Å². The maximum absolute atomic E-state index is 13.3. The second-order valence-corrected chi connectivity index (χ2v) is 8.58. The van der Waals surface area contributed by atoms with Gasteiger partial charge in [-0.1, -0.05) is 76.9 Å². The number of carbonyl (C=O) groups excluding carboxylic acids is 2. The summed E-state index contributed by atoms with van der Waals surface area (Å²) in [7, 11) is 1.34. The molecule has 1 heterocycles. The van der Waals surface area contributed by atoms with Crippen molar-refractivity contribution in [1.29, 1.82) is 0 Å². The number of rotatable bonds is 9. The minimum Gasteiger partial charge on any atom is -0.490 e. The topological polar surface area (TPSA) is 90.7 Å². The van der Waals surface area contributed by atoms with Crippen molar-refractivity contribution in [3.05, 3.63) is 94.0 Å². The van der Waals surface area contributed by atoms with Crippen molar-refractivity contribution in [2.45, 2.75) is 6.42 Å². The summed E-state index contributed by atoms with van der Waals surface area (Å²) in [5.41, 5.74) is 2.71. The van der Waals surface area contributed by atoms with Gasteiger partial charge >= 0.3 is 5.97 Å². The number of aromatic nitrogens is 1. The molecule has 7 nitrogen and oxygen atoms in total. The maximum atomic E-state index is 13.3. The smallest absolute Gasteiger partial charge is 0.309 e. The minimum atomic E-state index is -0.380. The lowest BCUT2D eigenvalue weighted by molar-refractivity contribution is -0.139. The van der Waals surface area contributed by atoms with E-state index in [0.717, 1.165) is 5.56 Å². The lowest BCUT2D eigenvalue weighted by Gasteiger charge is -2.10. The van der Waals surface area contributed by atoms with Crippen LogP contribution in [0.5, 0.6) is 5.75 Å². The van der Waals surface area contributed by atoms with Crippen LogP contribution in [0, 0.1) is 0 Å². The Kier molecular flexibility index (Phi) is 8.25. The molecule has 0 aliphatic heterocycles. The first-order valence-electron chi connectivity index (χ1n) is 11.0. The summed E-state index contributed by atoms with van der Waals surface area (Å²) in [4.78, 5) is 25.1. The van der Waals surface area contributed by atoms with Crippen LogP contribution >= 0.6 is 23.2 Å². The number of carbonyl (C=O) groups is 2. The van der Waals surface area contributed by atoms with Crippen molar-refractivity contribution in [1.82, 2.24) is 10.5 Å². The van der Waals surface area contributed by atoms with E-state index in [1.165, 1.54) is 7.11 Å². The zero-order chi connectivity index (χ0) is 25.5. The number of esters is 1. The average molecular weight is 525 g/mol. The van der Waals surface area contributed by atoms with Crippen LogP contribution in [0.15, 0.2) is 77.3 Å². The Morgan fingerprint density at radius 1 is 0.972 bits per heavy atom. The zero-order valence-electron chi connectivity index (χ0n) is 19.3. The fourth-order valence-corrected chi connectivity index (χ4v) is 4.02. The van der Waals surface area contributed by atoms with Crippen LogP contribution in [0.1, 0.15) is 15.9 Å². The highest BCUT2D eigenvalue weighted by atomic mass is 35.5. The van der Waals surface area contributed by atoms with Crippen LogP contribution in [0.2, 0.25) is 10.0 Å². The predicted molar refractivity (Wildman–Crippen MR) is 137 cm³/mol. The number of hydrogen-bond acceptors (Lipinski definition) is 6. The second kappa shape index (κ2) is 11.7. The monoisotopic (exact) mass is 524 g/mol. The first kappa shape index (κ1) is 25.3. The Labute approximate surface area is 217 Å². The molecule has 4 rings (SSSR count). The summed E-state index contributed by atoms with van der Waals surface area (Å²) in [6, 6.07) is 21.3. The van der Waals surface area contributed by atoms with E-state index in [1.807, 2.05) is 30.3 Å². The van der Waals surface area contributed by atoms with Crippen molar-refractivity contribution in [2.24, 2.45) is 0 Å². The Bertz CT molecular complexity index is 1370. The molecule has 184 valence electrons. The molecule has 1 amide bonds. The van der Waals surface area contributed by atoms with E-state index in [9.17, 15) is 9.59 Å². The number of nitrogens with zero attached hydrogens (tertiary/aromatic N) is 1. The van der Waals surface area contributed by atoms with Gasteiger partial charge in [0, 0.05) is 16.1 Å². The molecule has 9 heteroatoms. The zero-order valence-corrected chi connectivity index (χ0v) is 20.8. The van der Waals surface area contributed by atoms with Gasteiger partial charge in [0.25, 0.3) is 5.91 Å². The number of hydrogen-bond donors (Lipinski definition) is 1. The van der Waals surface area contributed by atoms with E-state index >= 15 is 0 Å². The molecule has 0 saturated carbocycles. The largest absolute Gasteiger partial charge is 0.490 e. The van der Waals surface area contributed by atoms with Gasteiger partial charge in [0.2, 0.25) is 0 Å². The third-order valence-corrected chi connectivity index (χ3v) is 5.80. The Hall–Kier alpha value is -3.81. The highest BCUT2D eigenvalue weighted by Crippen LogP contribution is 2.33. The summed E-state index contributed by atoms with van der Waals surface area (Å²) in [6.45, 7) is 0.391. The summed E-state index contributed by atoms with van der Waals surface area (Å²) >= 11 is 12.1. The van der Waals surface area contributed by atoms with Crippen molar-refractivity contribution in [2.75, 3.05) is 20.3 Å². The predicted octanol–water partition coefficient (Wildman–Crippen LogP) is 5.84. The van der Waals surface area contributed by atoms with Crippen molar-refractivity contribution >= 4 is 35.1 Å². The molecule has 0 fully saturated rings. The SMILES string of the molecule is COC(=O)Cc1cccc(-c2noc(-c3ccccc3)c2C(=O)NCCOc2ccc(Cl)cc2Cl)c1. The summed E-state index contributed by atoms with van der Waals surface area (Å²) in [5.74, 6) is 0.0572. The Balaban J connectivity index is 1.57. The van der Waals surface area contributed by atoms with E-state index in [1.54, 1.807) is 42.5 Å². The highest BCUT2D eigenvalue weighted by molar-refractivity contribution is 6.35. The quantitative estimate of drug-likeness (QED) is 0.218. The van der Waals surface area contributed by atoms with Gasteiger partial charge in [0.1, 0.15) is 23.6 Å². The van der Waals surface area contributed by atoms with E-state index in [-0.39, 0.29) is 37.0 Å². The van der Waals surface area contributed by atoms with Gasteiger partial charge in [-0.15, -0.1) is 0 Å². The number of methoxy groups -OCH3 is 1. The fourth-order valence-electron chi connectivity index (χ4n) is 3.56. The second-order valence-electron chi connectivity index (χ2n) is 7.73. The number of amides is 1. The molecule has 4 aromatic rings. The minimum absolute atomic E-state index is 0.0971. The van der Waals surface area contributed by atoms with E-state index in [2.05, 4.69) is 10.5 Å². The highest BCUT2D eigenvalue weighted by Gasteiger charge is 2.25. The molecule has 3 aromatic carbocycles. The number of benzene rings is 3. The molecule has 0 atom stereocenters. The van der Waals surface area contributed by atoms with Crippen LogP contribution in [0.4, 0.5) is 0 Å². The first-order valence-corrected chi connectivity index (χ1v) is 11.8. The van der Waals surface area contributed by atoms with Crippen LogP contribution in [0.3, 0.4) is 0 Å². The number of ether oxygens (including phenoxy) is 2. The molecular formula is C27H22Cl2N2O5. The third-order valence-electron chi connectivity index (χ3n) is 5.27. The molecular weight excluding hydrogens is 503 g/mol.